The van der Waals surface area contributed by atoms with Crippen LogP contribution < -0.4 is 20.5 Å². The van der Waals surface area contributed by atoms with Crippen LogP contribution in [-0.2, 0) is 6.54 Å². The van der Waals surface area contributed by atoms with Gasteiger partial charge in [-0.05, 0) is 17.7 Å². The van der Waals surface area contributed by atoms with Crippen LogP contribution in [0.3, 0.4) is 0 Å². The van der Waals surface area contributed by atoms with Gasteiger partial charge >= 0.3 is 0 Å². The second-order valence-electron chi connectivity index (χ2n) is 3.97. The first-order valence-electron chi connectivity index (χ1n) is 5.87. The fourth-order valence-corrected chi connectivity index (χ4v) is 1.84. The van der Waals surface area contributed by atoms with Gasteiger partial charge in [-0.3, -0.25) is 0 Å². The first-order chi connectivity index (χ1) is 9.63. The number of nitrogens with two attached hydrogens (primary N) is 1. The van der Waals surface area contributed by atoms with Gasteiger partial charge in [-0.2, -0.15) is 4.98 Å². The van der Waals surface area contributed by atoms with E-state index in [9.17, 15) is 0 Å². The van der Waals surface area contributed by atoms with E-state index in [0.717, 1.165) is 5.56 Å². The van der Waals surface area contributed by atoms with E-state index in [1.54, 1.807) is 14.2 Å². The SMILES string of the molecule is COc1ccc(CNc2nc(N)ncc2Cl)cc1OC. The van der Waals surface area contributed by atoms with Gasteiger partial charge in [0.05, 0.1) is 20.4 Å². The molecule has 106 valence electrons. The van der Waals surface area contributed by atoms with E-state index in [4.69, 9.17) is 26.8 Å². The van der Waals surface area contributed by atoms with Crippen molar-refractivity contribution < 1.29 is 9.47 Å². The Bertz CT molecular complexity index is 607. The molecule has 2 aromatic rings. The van der Waals surface area contributed by atoms with Crippen LogP contribution in [0.2, 0.25) is 5.02 Å². The van der Waals surface area contributed by atoms with Gasteiger partial charge in [0.25, 0.3) is 0 Å². The summed E-state index contributed by atoms with van der Waals surface area (Å²) in [4.78, 5) is 7.83. The number of aromatic nitrogens is 2. The largest absolute Gasteiger partial charge is 0.493 e. The molecule has 6 nitrogen and oxygen atoms in total. The van der Waals surface area contributed by atoms with Crippen LogP contribution in [0.25, 0.3) is 0 Å². The average Bonchev–Trinajstić information content (AvgIpc) is 2.47. The molecule has 3 N–H and O–H groups in total. The highest BCUT2D eigenvalue weighted by Crippen LogP contribution is 2.28. The zero-order chi connectivity index (χ0) is 14.5. The van der Waals surface area contributed by atoms with Crippen molar-refractivity contribution in [1.29, 1.82) is 0 Å². The third-order valence-corrected chi connectivity index (χ3v) is 2.95. The smallest absolute Gasteiger partial charge is 0.222 e. The molecule has 0 saturated carbocycles. The Kier molecular flexibility index (Phi) is 4.47. The van der Waals surface area contributed by atoms with E-state index >= 15 is 0 Å². The van der Waals surface area contributed by atoms with E-state index < -0.39 is 0 Å². The van der Waals surface area contributed by atoms with Gasteiger partial charge < -0.3 is 20.5 Å². The number of nitrogens with zero attached hydrogens (tertiary/aromatic N) is 2. The van der Waals surface area contributed by atoms with Crippen LogP contribution in [0.1, 0.15) is 5.56 Å². The molecular formula is C13H15ClN4O2. The lowest BCUT2D eigenvalue weighted by Crippen LogP contribution is -2.05. The third kappa shape index (κ3) is 3.21. The van der Waals surface area contributed by atoms with Crippen molar-refractivity contribution >= 4 is 23.4 Å². The standard InChI is InChI=1S/C13H15ClN4O2/c1-19-10-4-3-8(5-11(10)20-2)6-16-12-9(14)7-17-13(15)18-12/h3-5,7H,6H2,1-2H3,(H3,15,16,17,18). The lowest BCUT2D eigenvalue weighted by molar-refractivity contribution is 0.354. The number of methoxy groups -OCH3 is 2. The van der Waals surface area contributed by atoms with Crippen LogP contribution in [0.4, 0.5) is 11.8 Å². The van der Waals surface area contributed by atoms with E-state index in [2.05, 4.69) is 15.3 Å². The number of rotatable bonds is 5. The van der Waals surface area contributed by atoms with Crippen molar-refractivity contribution in [3.8, 4) is 11.5 Å². The Morgan fingerprint density at radius 2 is 2.00 bits per heavy atom. The van der Waals surface area contributed by atoms with Gasteiger partial charge in [0.2, 0.25) is 5.95 Å². The van der Waals surface area contributed by atoms with Crippen LogP contribution in [-0.4, -0.2) is 24.2 Å². The molecule has 1 aromatic heterocycles. The number of halogens is 1. The van der Waals surface area contributed by atoms with Crippen molar-refractivity contribution in [3.63, 3.8) is 0 Å². The summed E-state index contributed by atoms with van der Waals surface area (Å²) < 4.78 is 10.4. The molecule has 1 heterocycles. The molecule has 0 saturated heterocycles. The van der Waals surface area contributed by atoms with Crippen molar-refractivity contribution in [2.24, 2.45) is 0 Å². The summed E-state index contributed by atoms with van der Waals surface area (Å²) in [7, 11) is 3.19. The lowest BCUT2D eigenvalue weighted by Gasteiger charge is -2.11. The van der Waals surface area contributed by atoms with Crippen LogP contribution >= 0.6 is 11.6 Å². The Morgan fingerprint density at radius 3 is 2.70 bits per heavy atom. The molecule has 2 rings (SSSR count). The van der Waals surface area contributed by atoms with Crippen molar-refractivity contribution in [2.45, 2.75) is 6.54 Å². The first kappa shape index (κ1) is 14.2. The van der Waals surface area contributed by atoms with E-state index in [0.29, 0.717) is 28.9 Å². The maximum Gasteiger partial charge on any atom is 0.222 e. The molecule has 0 aliphatic carbocycles. The molecule has 0 atom stereocenters. The Morgan fingerprint density at radius 1 is 1.25 bits per heavy atom. The minimum Gasteiger partial charge on any atom is -0.493 e. The van der Waals surface area contributed by atoms with Crippen molar-refractivity contribution in [1.82, 2.24) is 9.97 Å². The third-order valence-electron chi connectivity index (χ3n) is 2.67. The number of hydrogen-bond acceptors (Lipinski definition) is 6. The van der Waals surface area contributed by atoms with Crippen LogP contribution in [0.5, 0.6) is 11.5 Å². The maximum atomic E-state index is 5.98. The molecule has 0 aliphatic rings. The topological polar surface area (TPSA) is 82.3 Å². The number of nitrogens with one attached hydrogen (secondary N) is 1. The summed E-state index contributed by atoms with van der Waals surface area (Å²) in [6, 6.07) is 5.64. The Hall–Kier alpha value is -2.21. The zero-order valence-electron chi connectivity index (χ0n) is 11.2. The monoisotopic (exact) mass is 294 g/mol. The molecule has 0 unspecified atom stereocenters. The summed E-state index contributed by atoms with van der Waals surface area (Å²) in [6.07, 6.45) is 1.46. The molecule has 1 aromatic carbocycles. The minimum absolute atomic E-state index is 0.171. The van der Waals surface area contributed by atoms with Gasteiger partial charge in [0.15, 0.2) is 17.3 Å². The van der Waals surface area contributed by atoms with E-state index in [-0.39, 0.29) is 5.95 Å². The zero-order valence-corrected chi connectivity index (χ0v) is 11.9. The molecule has 0 bridgehead atoms. The van der Waals surface area contributed by atoms with Gasteiger partial charge in [0.1, 0.15) is 5.02 Å². The first-order valence-corrected chi connectivity index (χ1v) is 6.24. The summed E-state index contributed by atoms with van der Waals surface area (Å²) in [5.41, 5.74) is 6.52. The predicted octanol–water partition coefficient (Wildman–Crippen LogP) is 2.34. The summed E-state index contributed by atoms with van der Waals surface area (Å²) in [5, 5.41) is 3.52. The van der Waals surface area contributed by atoms with Crippen LogP contribution in [0, 0.1) is 0 Å². The summed E-state index contributed by atoms with van der Waals surface area (Å²) in [6.45, 7) is 0.524. The van der Waals surface area contributed by atoms with Crippen LogP contribution in [0.15, 0.2) is 24.4 Å². The molecule has 0 radical (unpaired) electrons. The molecule has 0 fully saturated rings. The van der Waals surface area contributed by atoms with Crippen molar-refractivity contribution in [2.75, 3.05) is 25.3 Å². The molecule has 0 spiro atoms. The molecule has 0 amide bonds. The fourth-order valence-electron chi connectivity index (χ4n) is 1.68. The number of anilines is 2. The fraction of sp³-hybridized carbons (Fsp3) is 0.231. The minimum atomic E-state index is 0.171. The van der Waals surface area contributed by atoms with Gasteiger partial charge in [-0.25, -0.2) is 4.98 Å². The summed E-state index contributed by atoms with van der Waals surface area (Å²) >= 11 is 5.98. The second kappa shape index (κ2) is 6.29. The van der Waals surface area contributed by atoms with Crippen molar-refractivity contribution in [3.05, 3.63) is 35.0 Å². The second-order valence-corrected chi connectivity index (χ2v) is 4.37. The Balaban J connectivity index is 2.12. The quantitative estimate of drug-likeness (QED) is 0.881. The number of hydrogen-bond donors (Lipinski definition) is 2. The van der Waals surface area contributed by atoms with E-state index in [1.807, 2.05) is 18.2 Å². The van der Waals surface area contributed by atoms with Gasteiger partial charge in [0, 0.05) is 6.54 Å². The highest BCUT2D eigenvalue weighted by molar-refractivity contribution is 6.32. The molecule has 20 heavy (non-hydrogen) atoms. The van der Waals surface area contributed by atoms with Gasteiger partial charge in [-0.1, -0.05) is 17.7 Å². The molecular weight excluding hydrogens is 280 g/mol. The summed E-state index contributed by atoms with van der Waals surface area (Å²) in [5.74, 6) is 2.01. The normalized spacial score (nSPS) is 10.2. The number of ether oxygens (including phenoxy) is 2. The van der Waals surface area contributed by atoms with E-state index in [1.165, 1.54) is 6.20 Å². The number of nitrogen functional groups attached to an aromatic ring is 1. The van der Waals surface area contributed by atoms with Gasteiger partial charge in [-0.15, -0.1) is 0 Å². The highest BCUT2D eigenvalue weighted by Gasteiger charge is 2.06. The predicted molar refractivity (Wildman–Crippen MR) is 78.3 cm³/mol. The molecule has 0 aliphatic heterocycles. The average molecular weight is 295 g/mol. The highest BCUT2D eigenvalue weighted by atomic mass is 35.5. The molecule has 7 heteroatoms. The maximum absolute atomic E-state index is 5.98. The number of benzene rings is 1. The lowest BCUT2D eigenvalue weighted by atomic mass is 10.2. The Labute approximate surface area is 121 Å².